The molecule has 4 nitrogen and oxygen atoms in total. The first-order valence-corrected chi connectivity index (χ1v) is 6.76. The summed E-state index contributed by atoms with van der Waals surface area (Å²) in [6.07, 6.45) is 1.74. The van der Waals surface area contributed by atoms with Gasteiger partial charge in [-0.15, -0.1) is 0 Å². The number of aromatic amines is 1. The van der Waals surface area contributed by atoms with E-state index in [1.165, 1.54) is 0 Å². The van der Waals surface area contributed by atoms with Crippen LogP contribution in [0.2, 0.25) is 5.02 Å². The first-order chi connectivity index (χ1) is 9.15. The first kappa shape index (κ1) is 12.3. The Morgan fingerprint density at radius 3 is 2.95 bits per heavy atom. The van der Waals surface area contributed by atoms with Crippen molar-refractivity contribution in [1.82, 2.24) is 10.2 Å². The maximum atomic E-state index is 6.06. The fourth-order valence-corrected chi connectivity index (χ4v) is 2.40. The van der Waals surface area contributed by atoms with Crippen LogP contribution in [-0.4, -0.2) is 10.2 Å². The highest BCUT2D eigenvalue weighted by Gasteiger charge is 2.08. The minimum atomic E-state index is 0.645. The lowest BCUT2D eigenvalue weighted by molar-refractivity contribution is 1.12. The van der Waals surface area contributed by atoms with Crippen molar-refractivity contribution in [3.63, 3.8) is 0 Å². The van der Waals surface area contributed by atoms with Gasteiger partial charge in [-0.1, -0.05) is 17.7 Å². The summed E-state index contributed by atoms with van der Waals surface area (Å²) < 4.78 is 0.806. The molecule has 0 bridgehead atoms. The molecule has 0 aliphatic rings. The highest BCUT2D eigenvalue weighted by Crippen LogP contribution is 2.34. The quantitative estimate of drug-likeness (QED) is 0.611. The van der Waals surface area contributed by atoms with Crippen LogP contribution in [0.3, 0.4) is 0 Å². The molecular weight excluding hydrogens is 328 g/mol. The van der Waals surface area contributed by atoms with E-state index in [0.29, 0.717) is 10.7 Å². The van der Waals surface area contributed by atoms with Gasteiger partial charge < -0.3 is 11.1 Å². The van der Waals surface area contributed by atoms with Gasteiger partial charge in [0.1, 0.15) is 0 Å². The molecule has 0 unspecified atom stereocenters. The molecule has 0 radical (unpaired) electrons. The maximum Gasteiger partial charge on any atom is 0.0672 e. The molecule has 0 amide bonds. The third-order valence-electron chi connectivity index (χ3n) is 2.83. The average molecular weight is 338 g/mol. The number of nitrogen functional groups attached to an aromatic ring is 1. The Hall–Kier alpha value is -1.72. The fraction of sp³-hybridized carbons (Fsp3) is 0. The number of hydrogen-bond acceptors (Lipinski definition) is 3. The third-order valence-corrected chi connectivity index (χ3v) is 4.23. The molecule has 1 heterocycles. The number of H-pyrrole nitrogens is 1. The number of halogens is 2. The summed E-state index contributed by atoms with van der Waals surface area (Å²) in [5.41, 5.74) is 9.27. The molecule has 0 aliphatic heterocycles. The van der Waals surface area contributed by atoms with Crippen LogP contribution < -0.4 is 11.1 Å². The lowest BCUT2D eigenvalue weighted by Gasteiger charge is -2.12. The second-order valence-corrected chi connectivity index (χ2v) is 5.32. The maximum absolute atomic E-state index is 6.06. The molecular formula is C13H10BrClN4. The van der Waals surface area contributed by atoms with E-state index in [1.54, 1.807) is 6.20 Å². The van der Waals surface area contributed by atoms with Crippen molar-refractivity contribution >= 4 is 55.5 Å². The monoisotopic (exact) mass is 336 g/mol. The van der Waals surface area contributed by atoms with Crippen LogP contribution in [0.5, 0.6) is 0 Å². The molecule has 0 atom stereocenters. The van der Waals surface area contributed by atoms with Crippen LogP contribution in [0.4, 0.5) is 17.1 Å². The van der Waals surface area contributed by atoms with Gasteiger partial charge in [0.2, 0.25) is 0 Å². The first-order valence-electron chi connectivity index (χ1n) is 5.59. The Labute approximate surface area is 123 Å². The highest BCUT2D eigenvalue weighted by atomic mass is 79.9. The highest BCUT2D eigenvalue weighted by molar-refractivity contribution is 9.10. The second-order valence-electron chi connectivity index (χ2n) is 4.12. The predicted octanol–water partition coefficient (Wildman–Crippen LogP) is 4.30. The minimum absolute atomic E-state index is 0.645. The van der Waals surface area contributed by atoms with E-state index in [2.05, 4.69) is 31.4 Å². The summed E-state index contributed by atoms with van der Waals surface area (Å²) in [6, 6.07) is 9.41. The van der Waals surface area contributed by atoms with Gasteiger partial charge in [-0.05, 0) is 40.2 Å². The summed E-state index contributed by atoms with van der Waals surface area (Å²) >= 11 is 9.51. The van der Waals surface area contributed by atoms with Crippen LogP contribution in [-0.2, 0) is 0 Å². The Kier molecular flexibility index (Phi) is 3.08. The average Bonchev–Trinajstić information content (AvgIpc) is 2.82. The Bertz CT molecular complexity index is 753. The summed E-state index contributed by atoms with van der Waals surface area (Å²) in [5, 5.41) is 11.8. The van der Waals surface area contributed by atoms with Crippen LogP contribution >= 0.6 is 27.5 Å². The molecule has 0 saturated heterocycles. The molecule has 1 aromatic heterocycles. The number of anilines is 3. The van der Waals surface area contributed by atoms with E-state index in [9.17, 15) is 0 Å². The van der Waals surface area contributed by atoms with Crippen molar-refractivity contribution in [3.05, 3.63) is 46.0 Å². The zero-order valence-corrected chi connectivity index (χ0v) is 12.1. The Morgan fingerprint density at radius 1 is 1.26 bits per heavy atom. The second kappa shape index (κ2) is 4.75. The van der Waals surface area contributed by atoms with Crippen molar-refractivity contribution in [2.75, 3.05) is 11.1 Å². The molecule has 4 N–H and O–H groups in total. The molecule has 0 spiro atoms. The van der Waals surface area contributed by atoms with Gasteiger partial charge in [0.25, 0.3) is 0 Å². The minimum Gasteiger partial charge on any atom is -0.397 e. The van der Waals surface area contributed by atoms with Gasteiger partial charge in [-0.2, -0.15) is 5.10 Å². The van der Waals surface area contributed by atoms with Gasteiger partial charge in [0.15, 0.2) is 0 Å². The van der Waals surface area contributed by atoms with E-state index < -0.39 is 0 Å². The molecule has 3 aromatic rings. The molecule has 0 fully saturated rings. The Balaban J connectivity index is 2.05. The number of nitrogens with zero attached hydrogens (tertiary/aromatic N) is 1. The number of hydrogen-bond donors (Lipinski definition) is 3. The zero-order chi connectivity index (χ0) is 13.4. The summed E-state index contributed by atoms with van der Waals surface area (Å²) in [5.74, 6) is 0. The number of rotatable bonds is 2. The van der Waals surface area contributed by atoms with Crippen molar-refractivity contribution in [2.24, 2.45) is 0 Å². The summed E-state index contributed by atoms with van der Waals surface area (Å²) in [6.45, 7) is 0. The zero-order valence-electron chi connectivity index (χ0n) is 9.74. The van der Waals surface area contributed by atoms with Crippen molar-refractivity contribution < 1.29 is 0 Å². The topological polar surface area (TPSA) is 66.7 Å². The lowest BCUT2D eigenvalue weighted by atomic mass is 10.2. The molecule has 96 valence electrons. The molecule has 2 aromatic carbocycles. The van der Waals surface area contributed by atoms with Crippen LogP contribution in [0.25, 0.3) is 10.9 Å². The smallest absolute Gasteiger partial charge is 0.0672 e. The molecule has 0 aliphatic carbocycles. The van der Waals surface area contributed by atoms with Crippen LogP contribution in [0.15, 0.2) is 41.0 Å². The van der Waals surface area contributed by atoms with Gasteiger partial charge in [0, 0.05) is 5.39 Å². The SMILES string of the molecule is Nc1cc2cn[nH]c2cc1Nc1cccc(Cl)c1Br. The molecule has 19 heavy (non-hydrogen) atoms. The number of fused-ring (bicyclic) bond motifs is 1. The van der Waals surface area contributed by atoms with E-state index >= 15 is 0 Å². The van der Waals surface area contributed by atoms with Gasteiger partial charge >= 0.3 is 0 Å². The normalized spacial score (nSPS) is 10.8. The van der Waals surface area contributed by atoms with Gasteiger partial charge in [0.05, 0.1) is 38.3 Å². The van der Waals surface area contributed by atoms with Crippen LogP contribution in [0, 0.1) is 0 Å². The number of benzene rings is 2. The van der Waals surface area contributed by atoms with Crippen molar-refractivity contribution in [3.8, 4) is 0 Å². The van der Waals surface area contributed by atoms with Crippen molar-refractivity contribution in [1.29, 1.82) is 0 Å². The fourth-order valence-electron chi connectivity index (χ4n) is 1.86. The van der Waals surface area contributed by atoms with Crippen molar-refractivity contribution in [2.45, 2.75) is 0 Å². The van der Waals surface area contributed by atoms with Gasteiger partial charge in [-0.3, -0.25) is 5.10 Å². The van der Waals surface area contributed by atoms with Gasteiger partial charge in [-0.25, -0.2) is 0 Å². The molecule has 0 saturated carbocycles. The Morgan fingerprint density at radius 2 is 2.11 bits per heavy atom. The molecule has 6 heteroatoms. The van der Waals surface area contributed by atoms with E-state index in [0.717, 1.165) is 26.8 Å². The van der Waals surface area contributed by atoms with E-state index in [4.69, 9.17) is 17.3 Å². The number of nitrogens with one attached hydrogen (secondary N) is 2. The standard InChI is InChI=1S/C13H10BrClN4/c14-13-8(15)2-1-3-10(13)18-12-5-11-7(4-9(12)16)6-17-19-11/h1-6,18H,16H2,(H,17,19). The predicted molar refractivity (Wildman–Crippen MR) is 82.9 cm³/mol. The summed E-state index contributed by atoms with van der Waals surface area (Å²) in [7, 11) is 0. The number of aromatic nitrogens is 2. The largest absolute Gasteiger partial charge is 0.397 e. The summed E-state index contributed by atoms with van der Waals surface area (Å²) in [4.78, 5) is 0. The van der Waals surface area contributed by atoms with Crippen LogP contribution in [0.1, 0.15) is 0 Å². The third kappa shape index (κ3) is 2.27. The van der Waals surface area contributed by atoms with E-state index in [1.807, 2.05) is 30.3 Å². The van der Waals surface area contributed by atoms with E-state index in [-0.39, 0.29) is 0 Å². The number of nitrogens with two attached hydrogens (primary N) is 1. The molecule has 3 rings (SSSR count). The lowest BCUT2D eigenvalue weighted by Crippen LogP contribution is -1.97.